The summed E-state index contributed by atoms with van der Waals surface area (Å²) in [5, 5.41) is 0. The largest absolute Gasteiger partial charge is 0.357 e. The average Bonchev–Trinajstić information content (AvgIpc) is 2.41. The molecule has 0 radical (unpaired) electrons. The first-order valence-corrected chi connectivity index (χ1v) is 5.30. The van der Waals surface area contributed by atoms with Crippen LogP contribution in [0, 0.1) is 0 Å². The molecule has 64 valence electrons. The van der Waals surface area contributed by atoms with Crippen LogP contribution >= 0.6 is 0 Å². The molecule has 0 bridgehead atoms. The number of fused-ring (bicyclic) bond motifs is 4. The van der Waals surface area contributed by atoms with Crippen molar-refractivity contribution < 1.29 is 0 Å². The van der Waals surface area contributed by atoms with Gasteiger partial charge in [0.25, 0.3) is 14.0 Å². The van der Waals surface area contributed by atoms with Crippen molar-refractivity contribution in [3.63, 3.8) is 0 Å². The lowest BCUT2D eigenvalue weighted by Crippen LogP contribution is -2.74. The molecular weight excluding hydrogens is 146 g/mol. The van der Waals surface area contributed by atoms with E-state index in [4.69, 9.17) is 0 Å². The molecule has 3 aliphatic heterocycles. The fourth-order valence-electron chi connectivity index (χ4n) is 3.46. The molecule has 12 heavy (non-hydrogen) atoms. The molecule has 0 aromatic carbocycles. The average molecular weight is 162 g/mol. The first kappa shape index (κ1) is 7.45. The molecule has 0 N–H and O–H groups in total. The van der Waals surface area contributed by atoms with Crippen molar-refractivity contribution in [3.05, 3.63) is 0 Å². The predicted molar refractivity (Wildman–Crippen MR) is 53.0 cm³/mol. The molecule has 0 aromatic heterocycles. The van der Waals surface area contributed by atoms with Gasteiger partial charge in [-0.05, 0) is 37.6 Å². The smallest absolute Gasteiger partial charge is 0.293 e. The van der Waals surface area contributed by atoms with Crippen molar-refractivity contribution >= 4 is 14.0 Å². The van der Waals surface area contributed by atoms with Crippen LogP contribution < -0.4 is 0 Å². The summed E-state index contributed by atoms with van der Waals surface area (Å²) in [6.07, 6.45) is 2.84. The second-order valence-corrected chi connectivity index (χ2v) is 4.83. The van der Waals surface area contributed by atoms with Gasteiger partial charge in [-0.2, -0.15) is 0 Å². The van der Waals surface area contributed by atoms with Crippen molar-refractivity contribution in [1.29, 1.82) is 0 Å². The fraction of sp³-hybridized carbons (Fsp3) is 1.00. The third kappa shape index (κ3) is 0.710. The number of rotatable bonds is 0. The van der Waals surface area contributed by atoms with Gasteiger partial charge in [-0.25, -0.2) is 0 Å². The Balaban J connectivity index is 1.83. The Kier molecular flexibility index (Phi) is 1.43. The Morgan fingerprint density at radius 3 is 1.75 bits per heavy atom. The van der Waals surface area contributed by atoms with Gasteiger partial charge >= 0.3 is 0 Å². The number of nitrogens with zero attached hydrogens (tertiary/aromatic N) is 2. The first-order valence-electron chi connectivity index (χ1n) is 5.30. The summed E-state index contributed by atoms with van der Waals surface area (Å²) >= 11 is 0. The molecule has 2 nitrogen and oxygen atoms in total. The molecule has 0 saturated carbocycles. The lowest BCUT2D eigenvalue weighted by Gasteiger charge is -2.50. The maximum atomic E-state index is 2.72. The van der Waals surface area contributed by atoms with Crippen LogP contribution in [0.15, 0.2) is 0 Å². The molecule has 2 atom stereocenters. The van der Waals surface area contributed by atoms with Gasteiger partial charge in [0, 0.05) is 0 Å². The zero-order valence-electron chi connectivity index (χ0n) is 8.03. The molecule has 0 aliphatic carbocycles. The Labute approximate surface area is 75.5 Å². The second kappa shape index (κ2) is 2.30. The van der Waals surface area contributed by atoms with E-state index < -0.39 is 0 Å². The summed E-state index contributed by atoms with van der Waals surface area (Å²) in [6.45, 7) is 9.20. The van der Waals surface area contributed by atoms with Crippen molar-refractivity contribution in [1.82, 2.24) is 9.44 Å². The van der Waals surface area contributed by atoms with E-state index >= 15 is 0 Å². The van der Waals surface area contributed by atoms with E-state index in [1.165, 1.54) is 25.9 Å². The van der Waals surface area contributed by atoms with Gasteiger partial charge in [0.05, 0.1) is 0 Å². The van der Waals surface area contributed by atoms with Gasteiger partial charge < -0.3 is 9.44 Å². The lowest BCUT2D eigenvalue weighted by molar-refractivity contribution is 0.499. The molecule has 3 heterocycles. The minimum absolute atomic E-state index is 0.833. The molecule has 3 rings (SSSR count). The topological polar surface area (TPSA) is 6.48 Å². The van der Waals surface area contributed by atoms with E-state index in [9.17, 15) is 0 Å². The van der Waals surface area contributed by atoms with Crippen LogP contribution in [0.5, 0.6) is 0 Å². The highest BCUT2D eigenvalue weighted by Gasteiger charge is 2.61. The zero-order chi connectivity index (χ0) is 8.29. The van der Waals surface area contributed by atoms with E-state index in [1.54, 1.807) is 0 Å². The van der Waals surface area contributed by atoms with Crippen molar-refractivity contribution in [2.45, 2.75) is 38.3 Å². The van der Waals surface area contributed by atoms with E-state index in [0.29, 0.717) is 0 Å². The van der Waals surface area contributed by atoms with Gasteiger partial charge in [-0.15, -0.1) is 0 Å². The Hall–Kier alpha value is 0.0499. The minimum atomic E-state index is 0.833. The van der Waals surface area contributed by atoms with Gasteiger partial charge in [-0.3, -0.25) is 0 Å². The molecule has 2 unspecified atom stereocenters. The SMILES string of the molecule is CC1CCN2B1N1CCC(C)B21. The second-order valence-electron chi connectivity index (χ2n) is 4.83. The highest BCUT2D eigenvalue weighted by atomic mass is 15.3. The van der Waals surface area contributed by atoms with Crippen LogP contribution in [-0.4, -0.2) is 36.5 Å². The summed E-state index contributed by atoms with van der Waals surface area (Å²) in [5.74, 6) is 1.85. The van der Waals surface area contributed by atoms with Crippen LogP contribution in [0.2, 0.25) is 11.6 Å². The predicted octanol–water partition coefficient (Wildman–Crippen LogP) is 1.17. The van der Waals surface area contributed by atoms with Gasteiger partial charge in [0.1, 0.15) is 0 Å². The third-order valence-electron chi connectivity index (χ3n) is 4.06. The number of hydrogen-bond acceptors (Lipinski definition) is 2. The molecule has 3 fully saturated rings. The van der Waals surface area contributed by atoms with E-state index in [1.807, 2.05) is 0 Å². The van der Waals surface area contributed by atoms with E-state index in [0.717, 1.165) is 25.6 Å². The third-order valence-corrected chi connectivity index (χ3v) is 4.06. The monoisotopic (exact) mass is 162 g/mol. The van der Waals surface area contributed by atoms with Crippen LogP contribution in [0.1, 0.15) is 26.7 Å². The van der Waals surface area contributed by atoms with E-state index in [-0.39, 0.29) is 0 Å². The van der Waals surface area contributed by atoms with Gasteiger partial charge in [-0.1, -0.05) is 13.8 Å². The van der Waals surface area contributed by atoms with Gasteiger partial charge in [0.2, 0.25) is 0 Å². The quantitative estimate of drug-likeness (QED) is 0.493. The molecule has 0 amide bonds. The molecular formula is C8H16B2N2. The van der Waals surface area contributed by atoms with Crippen molar-refractivity contribution in [2.24, 2.45) is 0 Å². The van der Waals surface area contributed by atoms with Crippen LogP contribution in [-0.2, 0) is 0 Å². The molecule has 3 aliphatic rings. The fourth-order valence-corrected chi connectivity index (χ4v) is 3.46. The van der Waals surface area contributed by atoms with Crippen molar-refractivity contribution in [3.8, 4) is 0 Å². The summed E-state index contributed by atoms with van der Waals surface area (Å²) in [4.78, 5) is 0. The van der Waals surface area contributed by atoms with Crippen molar-refractivity contribution in [2.75, 3.05) is 13.1 Å². The summed E-state index contributed by atoms with van der Waals surface area (Å²) in [6, 6.07) is 0. The summed E-state index contributed by atoms with van der Waals surface area (Å²) in [5.41, 5.74) is 0. The Morgan fingerprint density at radius 2 is 1.33 bits per heavy atom. The first-order chi connectivity index (χ1) is 5.79. The number of hydrogen-bond donors (Lipinski definition) is 0. The Bertz CT molecular complexity index is 181. The maximum absolute atomic E-state index is 2.72. The van der Waals surface area contributed by atoms with Crippen LogP contribution in [0.3, 0.4) is 0 Å². The normalized spacial score (nSPS) is 41.5. The zero-order valence-corrected chi connectivity index (χ0v) is 8.03. The summed E-state index contributed by atoms with van der Waals surface area (Å²) in [7, 11) is 0. The molecule has 3 saturated heterocycles. The van der Waals surface area contributed by atoms with E-state index in [2.05, 4.69) is 23.3 Å². The summed E-state index contributed by atoms with van der Waals surface area (Å²) < 4.78 is 5.45. The maximum Gasteiger partial charge on any atom is 0.293 e. The van der Waals surface area contributed by atoms with Gasteiger partial charge in [0.15, 0.2) is 0 Å². The van der Waals surface area contributed by atoms with Crippen LogP contribution in [0.25, 0.3) is 0 Å². The highest BCUT2D eigenvalue weighted by molar-refractivity contribution is 6.88. The lowest BCUT2D eigenvalue weighted by atomic mass is 9.39. The molecule has 4 heteroatoms. The minimum Gasteiger partial charge on any atom is -0.357 e. The standard InChI is InChI=1S/C8H16B2N2/c1-7-3-5-11-9(7)12-6-4-8(2)10(11)12/h7-8H,3-6H2,1-2H3. The molecule has 0 aromatic rings. The Morgan fingerprint density at radius 1 is 0.917 bits per heavy atom. The van der Waals surface area contributed by atoms with Crippen LogP contribution in [0.4, 0.5) is 0 Å². The molecule has 0 spiro atoms. The highest BCUT2D eigenvalue weighted by Crippen LogP contribution is 2.45.